The van der Waals surface area contributed by atoms with Gasteiger partial charge in [0.25, 0.3) is 5.91 Å². The van der Waals surface area contributed by atoms with Crippen LogP contribution in [0.3, 0.4) is 0 Å². The van der Waals surface area contributed by atoms with Gasteiger partial charge in [0, 0.05) is 5.02 Å². The standard InChI is InChI=1S/C14H13ClFN3O.CH2F2/c1-8-5-10(3-4-11(8)15)19-13(20)6-12(16)18-9(2)7-17-14(18)19;2-1-3/h3-6,9H,7H2,1-2H3;1H2. The van der Waals surface area contributed by atoms with Crippen molar-refractivity contribution >= 4 is 29.2 Å². The first kappa shape index (κ1) is 17.3. The number of anilines is 1. The van der Waals surface area contributed by atoms with Gasteiger partial charge in [0.05, 0.1) is 24.4 Å². The molecule has 8 heteroatoms. The third-order valence-electron chi connectivity index (χ3n) is 3.45. The molecule has 0 saturated carbocycles. The predicted molar refractivity (Wildman–Crippen MR) is 83.6 cm³/mol. The second kappa shape index (κ2) is 7.04. The number of guanidine groups is 1. The van der Waals surface area contributed by atoms with Crippen LogP contribution < -0.4 is 4.90 Å². The molecule has 1 aromatic carbocycles. The van der Waals surface area contributed by atoms with E-state index in [9.17, 15) is 18.0 Å². The number of halogens is 4. The quantitative estimate of drug-likeness (QED) is 0.727. The molecule has 0 bridgehead atoms. The molecule has 0 spiro atoms. The molecule has 124 valence electrons. The molecule has 2 heterocycles. The van der Waals surface area contributed by atoms with E-state index in [4.69, 9.17) is 11.6 Å². The van der Waals surface area contributed by atoms with Crippen LogP contribution in [-0.2, 0) is 4.79 Å². The Balaban J connectivity index is 0.000000595. The maximum atomic E-state index is 13.9. The minimum atomic E-state index is -1.75. The van der Waals surface area contributed by atoms with Gasteiger partial charge in [-0.1, -0.05) is 11.6 Å². The Morgan fingerprint density at radius 3 is 2.65 bits per heavy atom. The van der Waals surface area contributed by atoms with E-state index >= 15 is 0 Å². The van der Waals surface area contributed by atoms with Crippen molar-refractivity contribution < 1.29 is 18.0 Å². The zero-order chi connectivity index (χ0) is 17.1. The largest absolute Gasteiger partial charge is 0.283 e. The Labute approximate surface area is 136 Å². The highest BCUT2D eigenvalue weighted by Crippen LogP contribution is 2.30. The third-order valence-corrected chi connectivity index (χ3v) is 3.87. The minimum Gasteiger partial charge on any atom is -0.283 e. The van der Waals surface area contributed by atoms with Gasteiger partial charge in [0.1, 0.15) is 0 Å². The number of alkyl halides is 2. The van der Waals surface area contributed by atoms with Crippen molar-refractivity contribution in [3.63, 3.8) is 0 Å². The summed E-state index contributed by atoms with van der Waals surface area (Å²) >= 11 is 6.00. The van der Waals surface area contributed by atoms with Crippen molar-refractivity contribution in [3.05, 3.63) is 40.8 Å². The summed E-state index contributed by atoms with van der Waals surface area (Å²) in [5.41, 5.74) is 1.49. The Morgan fingerprint density at radius 2 is 2.04 bits per heavy atom. The molecule has 4 nitrogen and oxygen atoms in total. The molecule has 1 unspecified atom stereocenters. The zero-order valence-electron chi connectivity index (χ0n) is 12.6. The summed E-state index contributed by atoms with van der Waals surface area (Å²) in [5, 5.41) is 0.624. The highest BCUT2D eigenvalue weighted by Gasteiger charge is 2.38. The van der Waals surface area contributed by atoms with Gasteiger partial charge in [-0.3, -0.25) is 9.69 Å². The lowest BCUT2D eigenvalue weighted by molar-refractivity contribution is -0.113. The average Bonchev–Trinajstić information content (AvgIpc) is 2.86. The molecule has 0 fully saturated rings. The lowest BCUT2D eigenvalue weighted by Gasteiger charge is -2.33. The van der Waals surface area contributed by atoms with Crippen molar-refractivity contribution in [2.24, 2.45) is 4.99 Å². The van der Waals surface area contributed by atoms with Crippen molar-refractivity contribution in [1.82, 2.24) is 4.90 Å². The van der Waals surface area contributed by atoms with E-state index in [0.29, 0.717) is 23.2 Å². The fourth-order valence-corrected chi connectivity index (χ4v) is 2.52. The number of fused-ring (bicyclic) bond motifs is 1. The molecule has 2 aliphatic rings. The maximum absolute atomic E-state index is 13.9. The molecule has 3 rings (SSSR count). The predicted octanol–water partition coefficient (Wildman–Crippen LogP) is 3.75. The fraction of sp³-hybridized carbons (Fsp3) is 0.333. The van der Waals surface area contributed by atoms with Crippen molar-refractivity contribution in [1.29, 1.82) is 0 Å². The number of hydrogen-bond donors (Lipinski definition) is 0. The van der Waals surface area contributed by atoms with Gasteiger partial charge in [0.2, 0.25) is 18.8 Å². The van der Waals surface area contributed by atoms with Crippen LogP contribution in [0.2, 0.25) is 5.02 Å². The summed E-state index contributed by atoms with van der Waals surface area (Å²) in [7, 11) is 0. The van der Waals surface area contributed by atoms with Crippen LogP contribution in [0.5, 0.6) is 0 Å². The smallest absolute Gasteiger partial charge is 0.262 e. The molecular weight excluding hydrogens is 331 g/mol. The highest BCUT2D eigenvalue weighted by atomic mass is 35.5. The van der Waals surface area contributed by atoms with Crippen LogP contribution in [0, 0.1) is 6.92 Å². The van der Waals surface area contributed by atoms with E-state index in [1.807, 2.05) is 13.8 Å². The number of carbonyl (C=O) groups excluding carboxylic acids is 1. The van der Waals surface area contributed by atoms with Gasteiger partial charge in [-0.2, -0.15) is 4.39 Å². The molecule has 1 atom stereocenters. The molecule has 0 aromatic heterocycles. The first-order valence-electron chi connectivity index (χ1n) is 6.83. The van der Waals surface area contributed by atoms with Gasteiger partial charge in [-0.05, 0) is 37.6 Å². The molecule has 0 N–H and O–H groups in total. The number of carbonyl (C=O) groups is 1. The van der Waals surface area contributed by atoms with Crippen molar-refractivity contribution in [3.8, 4) is 0 Å². The number of nitrogens with zero attached hydrogens (tertiary/aromatic N) is 3. The topological polar surface area (TPSA) is 35.9 Å². The minimum absolute atomic E-state index is 0.0924. The summed E-state index contributed by atoms with van der Waals surface area (Å²) in [5.74, 6) is -0.654. The van der Waals surface area contributed by atoms with Crippen LogP contribution in [0.1, 0.15) is 12.5 Å². The molecule has 23 heavy (non-hydrogen) atoms. The fourth-order valence-electron chi connectivity index (χ4n) is 2.40. The number of amides is 1. The van der Waals surface area contributed by atoms with E-state index in [0.717, 1.165) is 11.6 Å². The van der Waals surface area contributed by atoms with E-state index in [1.54, 1.807) is 18.2 Å². The van der Waals surface area contributed by atoms with E-state index in [1.165, 1.54) is 9.80 Å². The summed E-state index contributed by atoms with van der Waals surface area (Å²) in [6, 6.07) is 5.15. The molecule has 1 aromatic rings. The average molecular weight is 346 g/mol. The number of benzene rings is 1. The SMILES string of the molecule is Cc1cc(N2C(=O)C=C(F)N3C2=NCC3C)ccc1Cl.FCF. The monoisotopic (exact) mass is 345 g/mol. The number of hydrogen-bond acceptors (Lipinski definition) is 3. The van der Waals surface area contributed by atoms with Crippen LogP contribution in [0.4, 0.5) is 18.9 Å². The highest BCUT2D eigenvalue weighted by molar-refractivity contribution is 6.31. The lowest BCUT2D eigenvalue weighted by atomic mass is 10.2. The maximum Gasteiger partial charge on any atom is 0.262 e. The molecule has 1 amide bonds. The van der Waals surface area contributed by atoms with Gasteiger partial charge in [0.15, 0.2) is 0 Å². The van der Waals surface area contributed by atoms with E-state index in [-0.39, 0.29) is 6.04 Å². The molecule has 2 aliphatic heterocycles. The number of aliphatic imine (C=N–C) groups is 1. The van der Waals surface area contributed by atoms with Gasteiger partial charge in [-0.15, -0.1) is 0 Å². The second-order valence-electron chi connectivity index (χ2n) is 5.03. The molecular formula is C15H15ClF3N3O. The Kier molecular flexibility index (Phi) is 5.30. The normalized spacial score (nSPS) is 19.7. The summed E-state index contributed by atoms with van der Waals surface area (Å²) in [6.45, 7) is 2.44. The first-order chi connectivity index (χ1) is 10.9. The van der Waals surface area contributed by atoms with Crippen LogP contribution in [0.25, 0.3) is 0 Å². The lowest BCUT2D eigenvalue weighted by Crippen LogP contribution is -2.50. The first-order valence-corrected chi connectivity index (χ1v) is 7.21. The third kappa shape index (κ3) is 3.34. The Morgan fingerprint density at radius 1 is 1.39 bits per heavy atom. The summed E-state index contributed by atoms with van der Waals surface area (Å²) in [4.78, 5) is 19.3. The van der Waals surface area contributed by atoms with Crippen LogP contribution >= 0.6 is 11.6 Å². The van der Waals surface area contributed by atoms with Gasteiger partial charge < -0.3 is 0 Å². The van der Waals surface area contributed by atoms with Crippen LogP contribution in [-0.4, -0.2) is 36.3 Å². The van der Waals surface area contributed by atoms with Gasteiger partial charge >= 0.3 is 0 Å². The summed E-state index contributed by atoms with van der Waals surface area (Å²) < 4.78 is 33.2. The molecule has 0 radical (unpaired) electrons. The Bertz CT molecular complexity index is 678. The van der Waals surface area contributed by atoms with Crippen LogP contribution in [0.15, 0.2) is 35.2 Å². The molecule has 0 aliphatic carbocycles. The van der Waals surface area contributed by atoms with Gasteiger partial charge in [-0.25, -0.2) is 18.7 Å². The van der Waals surface area contributed by atoms with Crippen molar-refractivity contribution in [2.45, 2.75) is 19.9 Å². The van der Waals surface area contributed by atoms with E-state index < -0.39 is 18.8 Å². The summed E-state index contributed by atoms with van der Waals surface area (Å²) in [6.07, 6.45) is 0.991. The number of rotatable bonds is 1. The number of aryl methyl sites for hydroxylation is 1. The Hall–Kier alpha value is -2.02. The zero-order valence-corrected chi connectivity index (χ0v) is 13.3. The molecule has 0 saturated heterocycles. The van der Waals surface area contributed by atoms with E-state index in [2.05, 4.69) is 4.99 Å². The van der Waals surface area contributed by atoms with Crippen molar-refractivity contribution in [2.75, 3.05) is 18.4 Å². The second-order valence-corrected chi connectivity index (χ2v) is 5.44.